The van der Waals surface area contributed by atoms with Crippen LogP contribution in [0.25, 0.3) is 0 Å². The monoisotopic (exact) mass is 429 g/mol. The van der Waals surface area contributed by atoms with Crippen molar-refractivity contribution in [1.82, 2.24) is 16.0 Å². The van der Waals surface area contributed by atoms with Crippen LogP contribution in [-0.2, 0) is 19.1 Å². The first-order valence-corrected chi connectivity index (χ1v) is 10.6. The van der Waals surface area contributed by atoms with E-state index >= 15 is 0 Å². The molecule has 0 aliphatic heterocycles. The first-order valence-electron chi connectivity index (χ1n) is 10.6. The van der Waals surface area contributed by atoms with Gasteiger partial charge in [0.25, 0.3) is 11.8 Å². The third-order valence-corrected chi connectivity index (χ3v) is 3.83. The molecule has 3 amide bonds. The molecule has 0 aliphatic rings. The summed E-state index contributed by atoms with van der Waals surface area (Å²) in [6, 6.07) is -1.37. The minimum absolute atomic E-state index is 0.0376. The Kier molecular flexibility index (Phi) is 11.4. The molecule has 0 rings (SSSR count). The van der Waals surface area contributed by atoms with E-state index in [0.717, 1.165) is 6.42 Å². The van der Waals surface area contributed by atoms with Crippen LogP contribution in [0.3, 0.4) is 0 Å². The van der Waals surface area contributed by atoms with Crippen molar-refractivity contribution >= 4 is 17.9 Å². The van der Waals surface area contributed by atoms with Gasteiger partial charge in [-0.05, 0) is 22.7 Å². The van der Waals surface area contributed by atoms with Gasteiger partial charge in [-0.15, -0.1) is 0 Å². The SMILES string of the molecule is CC(C)(C)CCOCCOC(=O)NC(C(=O)NCC(C)(C)C)C(=O)NCC(C)(C)C. The van der Waals surface area contributed by atoms with E-state index in [1.54, 1.807) is 0 Å². The second kappa shape index (κ2) is 12.1. The highest BCUT2D eigenvalue weighted by molar-refractivity contribution is 6.06. The van der Waals surface area contributed by atoms with E-state index in [1.165, 1.54) is 0 Å². The average Bonchev–Trinajstić information content (AvgIpc) is 2.56. The van der Waals surface area contributed by atoms with Crippen LogP contribution in [0.2, 0.25) is 0 Å². The zero-order valence-corrected chi connectivity index (χ0v) is 20.4. The topological polar surface area (TPSA) is 106 Å². The lowest BCUT2D eigenvalue weighted by molar-refractivity contribution is -0.132. The molecule has 30 heavy (non-hydrogen) atoms. The summed E-state index contributed by atoms with van der Waals surface area (Å²) >= 11 is 0. The smallest absolute Gasteiger partial charge is 0.408 e. The Morgan fingerprint density at radius 2 is 1.17 bits per heavy atom. The van der Waals surface area contributed by atoms with Gasteiger partial charge in [-0.3, -0.25) is 9.59 Å². The maximum absolute atomic E-state index is 12.5. The highest BCUT2D eigenvalue weighted by Crippen LogP contribution is 2.17. The number of alkyl carbamates (subject to hydrolysis) is 1. The van der Waals surface area contributed by atoms with Crippen LogP contribution in [0.1, 0.15) is 68.7 Å². The molecule has 0 heterocycles. The minimum Gasteiger partial charge on any atom is -0.447 e. The van der Waals surface area contributed by atoms with E-state index in [9.17, 15) is 14.4 Å². The Morgan fingerprint density at radius 3 is 1.57 bits per heavy atom. The number of ether oxygens (including phenoxy) is 2. The fraction of sp³-hybridized carbons (Fsp3) is 0.864. The quantitative estimate of drug-likeness (QED) is 0.366. The molecule has 8 nitrogen and oxygen atoms in total. The lowest BCUT2D eigenvalue weighted by Gasteiger charge is -2.24. The van der Waals surface area contributed by atoms with Crippen LogP contribution in [0.5, 0.6) is 0 Å². The number of carbonyl (C=O) groups is 3. The summed E-state index contributed by atoms with van der Waals surface area (Å²) in [5, 5.41) is 7.78. The van der Waals surface area contributed by atoms with E-state index in [2.05, 4.69) is 36.7 Å². The van der Waals surface area contributed by atoms with Gasteiger partial charge in [-0.2, -0.15) is 0 Å². The van der Waals surface area contributed by atoms with Gasteiger partial charge in [0, 0.05) is 19.7 Å². The predicted octanol–water partition coefficient (Wildman–Crippen LogP) is 2.86. The van der Waals surface area contributed by atoms with Crippen molar-refractivity contribution in [2.45, 2.75) is 74.8 Å². The minimum atomic E-state index is -1.37. The first-order chi connectivity index (χ1) is 13.5. The van der Waals surface area contributed by atoms with Crippen molar-refractivity contribution in [3.8, 4) is 0 Å². The largest absolute Gasteiger partial charge is 0.447 e. The van der Waals surface area contributed by atoms with Gasteiger partial charge in [0.05, 0.1) is 6.61 Å². The third kappa shape index (κ3) is 16.0. The molecule has 0 aliphatic carbocycles. The van der Waals surface area contributed by atoms with Crippen LogP contribution in [-0.4, -0.2) is 56.9 Å². The van der Waals surface area contributed by atoms with E-state index in [4.69, 9.17) is 9.47 Å². The van der Waals surface area contributed by atoms with Gasteiger partial charge in [-0.25, -0.2) is 4.79 Å². The van der Waals surface area contributed by atoms with E-state index < -0.39 is 23.9 Å². The molecule has 0 atom stereocenters. The lowest BCUT2D eigenvalue weighted by atomic mass is 9.93. The van der Waals surface area contributed by atoms with Gasteiger partial charge >= 0.3 is 6.09 Å². The molecule has 0 saturated heterocycles. The van der Waals surface area contributed by atoms with E-state index in [1.807, 2.05) is 41.5 Å². The molecule has 8 heteroatoms. The van der Waals surface area contributed by atoms with E-state index in [0.29, 0.717) is 19.7 Å². The maximum atomic E-state index is 12.5. The number of hydrogen-bond donors (Lipinski definition) is 3. The van der Waals surface area contributed by atoms with Crippen LogP contribution in [0.15, 0.2) is 0 Å². The summed E-state index contributed by atoms with van der Waals surface area (Å²) in [4.78, 5) is 37.2. The highest BCUT2D eigenvalue weighted by atomic mass is 16.6. The molecule has 176 valence electrons. The Labute approximate surface area is 182 Å². The Balaban J connectivity index is 4.68. The van der Waals surface area contributed by atoms with Crippen LogP contribution in [0, 0.1) is 16.2 Å². The van der Waals surface area contributed by atoms with Crippen LogP contribution < -0.4 is 16.0 Å². The molecule has 0 spiro atoms. The van der Waals surface area contributed by atoms with Gasteiger partial charge in [0.1, 0.15) is 6.61 Å². The van der Waals surface area contributed by atoms with Gasteiger partial charge in [0.15, 0.2) is 6.04 Å². The molecule has 0 unspecified atom stereocenters. The van der Waals surface area contributed by atoms with Crippen molar-refractivity contribution in [3.63, 3.8) is 0 Å². The standard InChI is InChI=1S/C22H43N3O5/c1-20(2,3)10-11-29-12-13-30-19(28)25-16(17(26)23-14-21(4,5)6)18(27)24-15-22(7,8)9/h16H,10-15H2,1-9H3,(H,23,26)(H,24,27)(H,25,28). The second-order valence-electron chi connectivity index (χ2n) is 11.2. The van der Waals surface area contributed by atoms with Gasteiger partial charge in [0.2, 0.25) is 0 Å². The molecule has 0 saturated carbocycles. The molecule has 0 aromatic rings. The number of hydrogen-bond acceptors (Lipinski definition) is 5. The van der Waals surface area contributed by atoms with Crippen molar-refractivity contribution in [2.75, 3.05) is 32.9 Å². The van der Waals surface area contributed by atoms with Crippen molar-refractivity contribution in [2.24, 2.45) is 16.2 Å². The summed E-state index contributed by atoms with van der Waals surface area (Å²) in [5.74, 6) is -1.15. The van der Waals surface area contributed by atoms with Gasteiger partial charge in [-0.1, -0.05) is 62.3 Å². The van der Waals surface area contributed by atoms with E-state index in [-0.39, 0.29) is 29.5 Å². The highest BCUT2D eigenvalue weighted by Gasteiger charge is 2.30. The van der Waals surface area contributed by atoms with Crippen molar-refractivity contribution in [3.05, 3.63) is 0 Å². The fourth-order valence-corrected chi connectivity index (χ4v) is 1.99. The molecule has 0 bridgehead atoms. The molecule has 3 N–H and O–H groups in total. The zero-order chi connectivity index (χ0) is 23.6. The molecular weight excluding hydrogens is 386 g/mol. The maximum Gasteiger partial charge on any atom is 0.408 e. The third-order valence-electron chi connectivity index (χ3n) is 3.83. The summed E-state index contributed by atoms with van der Waals surface area (Å²) in [6.07, 6.45) is 0.0552. The lowest BCUT2D eigenvalue weighted by Crippen LogP contribution is -2.57. The second-order valence-corrected chi connectivity index (χ2v) is 11.2. The predicted molar refractivity (Wildman–Crippen MR) is 118 cm³/mol. The number of nitrogens with one attached hydrogen (secondary N) is 3. The van der Waals surface area contributed by atoms with Crippen molar-refractivity contribution < 1.29 is 23.9 Å². The molecule has 0 aromatic carbocycles. The number of amides is 3. The van der Waals surface area contributed by atoms with Gasteiger partial charge < -0.3 is 25.4 Å². The Hall–Kier alpha value is -1.83. The zero-order valence-electron chi connectivity index (χ0n) is 20.4. The summed E-state index contributed by atoms with van der Waals surface area (Å²) in [7, 11) is 0. The number of rotatable bonds is 10. The van der Waals surface area contributed by atoms with Crippen molar-refractivity contribution in [1.29, 1.82) is 0 Å². The van der Waals surface area contributed by atoms with Crippen LogP contribution in [0.4, 0.5) is 4.79 Å². The Bertz CT molecular complexity index is 527. The first kappa shape index (κ1) is 28.2. The molecule has 0 fully saturated rings. The fourth-order valence-electron chi connectivity index (χ4n) is 1.99. The summed E-state index contributed by atoms with van der Waals surface area (Å²) in [5.41, 5.74) is -0.147. The summed E-state index contributed by atoms with van der Waals surface area (Å²) < 4.78 is 10.5. The number of carbonyl (C=O) groups excluding carboxylic acids is 3. The molecule has 0 radical (unpaired) electrons. The van der Waals surface area contributed by atoms with Crippen LogP contribution >= 0.6 is 0 Å². The average molecular weight is 430 g/mol. The summed E-state index contributed by atoms with van der Waals surface area (Å²) in [6.45, 7) is 19.7. The normalized spacial score (nSPS) is 12.5. The molecule has 0 aromatic heterocycles. The Morgan fingerprint density at radius 1 is 0.700 bits per heavy atom. The molecular formula is C22H43N3O5.